The van der Waals surface area contributed by atoms with Gasteiger partial charge >= 0.3 is 0 Å². The largest absolute Gasteiger partial charge is 0.339 e. The summed E-state index contributed by atoms with van der Waals surface area (Å²) in [5.74, 6) is 0.329. The molecule has 1 atom stereocenters. The summed E-state index contributed by atoms with van der Waals surface area (Å²) in [4.78, 5) is 32.4. The standard InChI is InChI=1S/C27H31N3O2/c31-26(28-13-1-2-14-28)20-8-6-19(7-9-20)21-10-11-25-22(16-21)17-30(27(25)32)24-12-15-29(18-24)23-4-3-5-23/h6-11,16,23-24H,1-5,12-15,17-18H2/t24-/m1/s1. The Kier molecular flexibility index (Phi) is 5.02. The van der Waals surface area contributed by atoms with Gasteiger partial charge in [-0.25, -0.2) is 0 Å². The second kappa shape index (κ2) is 8.04. The van der Waals surface area contributed by atoms with Crippen molar-refractivity contribution in [2.45, 2.75) is 57.2 Å². The maximum absolute atomic E-state index is 13.1. The molecule has 4 aliphatic rings. The highest BCUT2D eigenvalue weighted by Gasteiger charge is 2.39. The molecule has 0 N–H and O–H groups in total. The van der Waals surface area contributed by atoms with Crippen molar-refractivity contribution in [3.63, 3.8) is 0 Å². The van der Waals surface area contributed by atoms with E-state index in [1.807, 2.05) is 41.3 Å². The minimum Gasteiger partial charge on any atom is -0.339 e. The average molecular weight is 430 g/mol. The Morgan fingerprint density at radius 1 is 0.812 bits per heavy atom. The molecule has 3 heterocycles. The number of hydrogen-bond donors (Lipinski definition) is 0. The third-order valence-electron chi connectivity index (χ3n) is 8.02. The highest BCUT2D eigenvalue weighted by Crippen LogP contribution is 2.34. The average Bonchev–Trinajstić information content (AvgIpc) is 3.53. The van der Waals surface area contributed by atoms with Crippen LogP contribution in [0.3, 0.4) is 0 Å². The summed E-state index contributed by atoms with van der Waals surface area (Å²) in [6, 6.07) is 15.3. The van der Waals surface area contributed by atoms with Gasteiger partial charge in [-0.2, -0.15) is 0 Å². The van der Waals surface area contributed by atoms with E-state index < -0.39 is 0 Å². The van der Waals surface area contributed by atoms with Crippen molar-refractivity contribution in [3.05, 3.63) is 59.2 Å². The molecule has 166 valence electrons. The Balaban J connectivity index is 1.16. The molecule has 3 fully saturated rings. The van der Waals surface area contributed by atoms with Gasteiger partial charge in [0.05, 0.1) is 0 Å². The summed E-state index contributed by atoms with van der Waals surface area (Å²) < 4.78 is 0. The van der Waals surface area contributed by atoms with Crippen LogP contribution in [0, 0.1) is 0 Å². The molecule has 5 heteroatoms. The predicted octanol–water partition coefficient (Wildman–Crippen LogP) is 4.17. The van der Waals surface area contributed by atoms with Crippen molar-refractivity contribution in [1.29, 1.82) is 0 Å². The maximum atomic E-state index is 13.1. The van der Waals surface area contributed by atoms with Gasteiger partial charge in [-0.1, -0.05) is 24.6 Å². The Bertz CT molecular complexity index is 1040. The van der Waals surface area contributed by atoms with E-state index in [0.29, 0.717) is 6.04 Å². The molecule has 0 aromatic heterocycles. The second-order valence-electron chi connectivity index (χ2n) is 9.90. The molecule has 0 radical (unpaired) electrons. The van der Waals surface area contributed by atoms with Crippen LogP contribution in [0.2, 0.25) is 0 Å². The first kappa shape index (κ1) is 20.0. The number of fused-ring (bicyclic) bond motifs is 1. The van der Waals surface area contributed by atoms with Gasteiger partial charge in [0.15, 0.2) is 0 Å². The SMILES string of the molecule is O=C(c1ccc(-c2ccc3c(c2)CN([C@@H]2CCN(C4CCC4)C2)C3=O)cc1)N1CCCC1. The number of likely N-dealkylation sites (tertiary alicyclic amines) is 2. The van der Waals surface area contributed by atoms with E-state index in [1.54, 1.807) is 0 Å². The molecule has 2 aromatic rings. The Labute approximate surface area is 190 Å². The monoisotopic (exact) mass is 429 g/mol. The fourth-order valence-corrected chi connectivity index (χ4v) is 5.83. The summed E-state index contributed by atoms with van der Waals surface area (Å²) in [5, 5.41) is 0. The number of hydrogen-bond acceptors (Lipinski definition) is 3. The lowest BCUT2D eigenvalue weighted by molar-refractivity contribution is 0.0689. The van der Waals surface area contributed by atoms with E-state index in [2.05, 4.69) is 15.9 Å². The van der Waals surface area contributed by atoms with Crippen molar-refractivity contribution >= 4 is 11.8 Å². The molecule has 2 amide bonds. The lowest BCUT2D eigenvalue weighted by Crippen LogP contribution is -2.42. The maximum Gasteiger partial charge on any atom is 0.254 e. The fraction of sp³-hybridized carbons (Fsp3) is 0.481. The summed E-state index contributed by atoms with van der Waals surface area (Å²) in [6.07, 6.45) is 7.31. The van der Waals surface area contributed by atoms with Crippen molar-refractivity contribution in [2.24, 2.45) is 0 Å². The summed E-state index contributed by atoms with van der Waals surface area (Å²) >= 11 is 0. The molecule has 32 heavy (non-hydrogen) atoms. The highest BCUT2D eigenvalue weighted by molar-refractivity contribution is 5.99. The zero-order valence-electron chi connectivity index (χ0n) is 18.6. The second-order valence-corrected chi connectivity index (χ2v) is 9.90. The van der Waals surface area contributed by atoms with Crippen LogP contribution in [0.15, 0.2) is 42.5 Å². The molecule has 2 aromatic carbocycles. The van der Waals surface area contributed by atoms with E-state index in [-0.39, 0.29) is 11.8 Å². The molecule has 3 aliphatic heterocycles. The summed E-state index contributed by atoms with van der Waals surface area (Å²) in [5.41, 5.74) is 4.95. The zero-order valence-corrected chi connectivity index (χ0v) is 18.6. The molecule has 6 rings (SSSR count). The first-order valence-electron chi connectivity index (χ1n) is 12.2. The van der Waals surface area contributed by atoms with E-state index in [9.17, 15) is 9.59 Å². The molecule has 2 saturated heterocycles. The van der Waals surface area contributed by atoms with E-state index in [0.717, 1.165) is 85.8 Å². The normalized spacial score (nSPS) is 23.6. The number of benzene rings is 2. The number of carbonyl (C=O) groups is 2. The molecule has 0 bridgehead atoms. The molecule has 1 saturated carbocycles. The molecular formula is C27H31N3O2. The van der Waals surface area contributed by atoms with Gasteiger partial charge in [-0.05, 0) is 73.1 Å². The number of amides is 2. The smallest absolute Gasteiger partial charge is 0.254 e. The van der Waals surface area contributed by atoms with E-state index >= 15 is 0 Å². The Morgan fingerprint density at radius 2 is 1.56 bits per heavy atom. The van der Waals surface area contributed by atoms with Crippen molar-refractivity contribution < 1.29 is 9.59 Å². The van der Waals surface area contributed by atoms with Crippen LogP contribution in [-0.2, 0) is 6.54 Å². The number of rotatable bonds is 4. The molecule has 0 unspecified atom stereocenters. The first-order chi connectivity index (χ1) is 15.7. The third-order valence-corrected chi connectivity index (χ3v) is 8.02. The summed E-state index contributed by atoms with van der Waals surface area (Å²) in [6.45, 7) is 4.62. The zero-order chi connectivity index (χ0) is 21.7. The third kappa shape index (κ3) is 3.43. The van der Waals surface area contributed by atoms with Crippen LogP contribution < -0.4 is 0 Å². The minimum atomic E-state index is 0.136. The number of carbonyl (C=O) groups excluding carboxylic acids is 2. The van der Waals surface area contributed by atoms with Gasteiger partial charge in [0.2, 0.25) is 0 Å². The van der Waals surface area contributed by atoms with E-state index in [1.165, 1.54) is 19.3 Å². The fourth-order valence-electron chi connectivity index (χ4n) is 5.83. The van der Waals surface area contributed by atoms with Crippen LogP contribution >= 0.6 is 0 Å². The van der Waals surface area contributed by atoms with Gasteiger partial charge in [-0.15, -0.1) is 0 Å². The van der Waals surface area contributed by atoms with Gasteiger partial charge in [-0.3, -0.25) is 14.5 Å². The van der Waals surface area contributed by atoms with Crippen molar-refractivity contribution in [3.8, 4) is 11.1 Å². The molecule has 0 spiro atoms. The van der Waals surface area contributed by atoms with Gasteiger partial charge in [0.25, 0.3) is 11.8 Å². The van der Waals surface area contributed by atoms with Gasteiger partial charge in [0, 0.05) is 55.9 Å². The Hall–Kier alpha value is -2.66. The minimum absolute atomic E-state index is 0.136. The quantitative estimate of drug-likeness (QED) is 0.733. The first-order valence-corrected chi connectivity index (χ1v) is 12.2. The van der Waals surface area contributed by atoms with Crippen LogP contribution in [-0.4, -0.2) is 64.8 Å². The van der Waals surface area contributed by atoms with Crippen LogP contribution in [0.5, 0.6) is 0 Å². The van der Waals surface area contributed by atoms with Crippen LogP contribution in [0.1, 0.15) is 64.8 Å². The van der Waals surface area contributed by atoms with Crippen molar-refractivity contribution in [2.75, 3.05) is 26.2 Å². The lowest BCUT2D eigenvalue weighted by Gasteiger charge is -2.35. The Morgan fingerprint density at radius 3 is 2.28 bits per heavy atom. The van der Waals surface area contributed by atoms with Gasteiger partial charge < -0.3 is 9.80 Å². The van der Waals surface area contributed by atoms with E-state index in [4.69, 9.17) is 0 Å². The van der Waals surface area contributed by atoms with Crippen LogP contribution in [0.4, 0.5) is 0 Å². The van der Waals surface area contributed by atoms with Gasteiger partial charge in [0.1, 0.15) is 0 Å². The highest BCUT2D eigenvalue weighted by atomic mass is 16.2. The molecule has 5 nitrogen and oxygen atoms in total. The lowest BCUT2D eigenvalue weighted by atomic mass is 9.92. The van der Waals surface area contributed by atoms with Crippen LogP contribution in [0.25, 0.3) is 11.1 Å². The number of nitrogens with zero attached hydrogens (tertiary/aromatic N) is 3. The molecule has 1 aliphatic carbocycles. The predicted molar refractivity (Wildman–Crippen MR) is 125 cm³/mol. The van der Waals surface area contributed by atoms with Crippen molar-refractivity contribution in [1.82, 2.24) is 14.7 Å². The molecular weight excluding hydrogens is 398 g/mol. The topological polar surface area (TPSA) is 43.9 Å². The summed E-state index contributed by atoms with van der Waals surface area (Å²) in [7, 11) is 0.